The zero-order valence-electron chi connectivity index (χ0n) is 14.3. The molecular formula is C21H26O3. The second-order valence-electron chi connectivity index (χ2n) is 6.32. The normalized spacial score (nSPS) is 24.0. The molecule has 3 heteroatoms. The van der Waals surface area contributed by atoms with Gasteiger partial charge in [0.05, 0.1) is 19.3 Å². The zero-order chi connectivity index (χ0) is 16.8. The van der Waals surface area contributed by atoms with E-state index >= 15 is 0 Å². The standard InChI is InChI=1S/C21H26O3/c1-2-3-12-19-14-15-23-21(24-19,18-10-5-4-6-11-18)20-13-8-7-9-17(20)16-22/h4-11,13,19,22H,2-3,12,14-16H2,1H3. The minimum atomic E-state index is -0.933. The Balaban J connectivity index is 2.05. The van der Waals surface area contributed by atoms with Gasteiger partial charge in [0.2, 0.25) is 5.79 Å². The van der Waals surface area contributed by atoms with Crippen molar-refractivity contribution in [1.29, 1.82) is 0 Å². The van der Waals surface area contributed by atoms with Crippen LogP contribution < -0.4 is 0 Å². The van der Waals surface area contributed by atoms with Gasteiger partial charge in [0.15, 0.2) is 0 Å². The highest BCUT2D eigenvalue weighted by molar-refractivity contribution is 5.39. The van der Waals surface area contributed by atoms with Gasteiger partial charge in [-0.25, -0.2) is 0 Å². The van der Waals surface area contributed by atoms with E-state index in [0.717, 1.165) is 42.4 Å². The van der Waals surface area contributed by atoms with Crippen molar-refractivity contribution in [2.45, 2.75) is 51.1 Å². The van der Waals surface area contributed by atoms with Crippen LogP contribution in [0.2, 0.25) is 0 Å². The van der Waals surface area contributed by atoms with Crippen LogP contribution in [-0.2, 0) is 21.9 Å². The number of aliphatic hydroxyl groups is 1. The number of ether oxygens (including phenoxy) is 2. The molecule has 0 bridgehead atoms. The highest BCUT2D eigenvalue weighted by atomic mass is 16.7. The third-order valence-electron chi connectivity index (χ3n) is 4.65. The van der Waals surface area contributed by atoms with Crippen LogP contribution in [0, 0.1) is 0 Å². The quantitative estimate of drug-likeness (QED) is 0.856. The van der Waals surface area contributed by atoms with Crippen LogP contribution in [0.1, 0.15) is 49.3 Å². The smallest absolute Gasteiger partial charge is 0.222 e. The first kappa shape index (κ1) is 17.2. The number of benzene rings is 2. The SMILES string of the molecule is CCCCC1CCOC(c2ccccc2)(c2ccccc2CO)O1. The molecule has 0 radical (unpaired) electrons. The van der Waals surface area contributed by atoms with Gasteiger partial charge in [0, 0.05) is 11.1 Å². The largest absolute Gasteiger partial charge is 0.392 e. The van der Waals surface area contributed by atoms with E-state index in [1.807, 2.05) is 54.6 Å². The van der Waals surface area contributed by atoms with E-state index in [1.165, 1.54) is 0 Å². The Kier molecular flexibility index (Phi) is 5.67. The lowest BCUT2D eigenvalue weighted by atomic mass is 9.91. The van der Waals surface area contributed by atoms with Crippen molar-refractivity contribution in [2.75, 3.05) is 6.61 Å². The minimum absolute atomic E-state index is 0.0307. The third-order valence-corrected chi connectivity index (χ3v) is 4.65. The molecule has 1 aliphatic rings. The molecule has 0 amide bonds. The van der Waals surface area contributed by atoms with Gasteiger partial charge in [-0.2, -0.15) is 0 Å². The van der Waals surface area contributed by atoms with Gasteiger partial charge in [0.25, 0.3) is 0 Å². The molecule has 1 saturated heterocycles. The molecule has 1 heterocycles. The molecule has 24 heavy (non-hydrogen) atoms. The maximum Gasteiger partial charge on any atom is 0.222 e. The highest BCUT2D eigenvalue weighted by Crippen LogP contribution is 2.41. The van der Waals surface area contributed by atoms with Crippen LogP contribution in [0.3, 0.4) is 0 Å². The molecule has 1 N–H and O–H groups in total. The van der Waals surface area contributed by atoms with Crippen molar-refractivity contribution in [1.82, 2.24) is 0 Å². The van der Waals surface area contributed by atoms with E-state index in [2.05, 4.69) is 6.92 Å². The Bertz CT molecular complexity index is 641. The Hall–Kier alpha value is -1.68. The van der Waals surface area contributed by atoms with Gasteiger partial charge >= 0.3 is 0 Å². The van der Waals surface area contributed by atoms with Crippen molar-refractivity contribution >= 4 is 0 Å². The molecule has 0 aliphatic carbocycles. The summed E-state index contributed by atoms with van der Waals surface area (Å²) in [7, 11) is 0. The Morgan fingerprint density at radius 1 is 1.08 bits per heavy atom. The Morgan fingerprint density at radius 2 is 1.83 bits per heavy atom. The van der Waals surface area contributed by atoms with Crippen LogP contribution in [0.15, 0.2) is 54.6 Å². The molecular weight excluding hydrogens is 300 g/mol. The summed E-state index contributed by atoms with van der Waals surface area (Å²) in [4.78, 5) is 0. The molecule has 2 unspecified atom stereocenters. The van der Waals surface area contributed by atoms with Crippen LogP contribution in [0.5, 0.6) is 0 Å². The summed E-state index contributed by atoms with van der Waals surface area (Å²) in [6, 6.07) is 17.9. The first-order chi connectivity index (χ1) is 11.8. The molecule has 0 spiro atoms. The van der Waals surface area contributed by atoms with Gasteiger partial charge in [0.1, 0.15) is 0 Å². The highest BCUT2D eigenvalue weighted by Gasteiger charge is 2.43. The van der Waals surface area contributed by atoms with Crippen LogP contribution in [-0.4, -0.2) is 17.8 Å². The average Bonchev–Trinajstić information content (AvgIpc) is 2.67. The van der Waals surface area contributed by atoms with Gasteiger partial charge in [-0.3, -0.25) is 0 Å². The van der Waals surface area contributed by atoms with Crippen molar-refractivity contribution in [3.05, 3.63) is 71.3 Å². The fraction of sp³-hybridized carbons (Fsp3) is 0.429. The monoisotopic (exact) mass is 326 g/mol. The van der Waals surface area contributed by atoms with Crippen LogP contribution in [0.4, 0.5) is 0 Å². The molecule has 1 fully saturated rings. The van der Waals surface area contributed by atoms with Gasteiger partial charge in [-0.1, -0.05) is 74.4 Å². The average molecular weight is 326 g/mol. The van der Waals surface area contributed by atoms with Crippen LogP contribution >= 0.6 is 0 Å². The van der Waals surface area contributed by atoms with E-state index in [4.69, 9.17) is 9.47 Å². The Morgan fingerprint density at radius 3 is 2.58 bits per heavy atom. The van der Waals surface area contributed by atoms with Crippen LogP contribution in [0.25, 0.3) is 0 Å². The predicted molar refractivity (Wildman–Crippen MR) is 94.6 cm³/mol. The molecule has 3 rings (SSSR count). The molecule has 2 aromatic rings. The Labute approximate surface area is 144 Å². The van der Waals surface area contributed by atoms with Gasteiger partial charge in [-0.05, 0) is 18.4 Å². The summed E-state index contributed by atoms with van der Waals surface area (Å²) < 4.78 is 12.8. The maximum absolute atomic E-state index is 9.81. The second kappa shape index (κ2) is 7.93. The second-order valence-corrected chi connectivity index (χ2v) is 6.32. The van der Waals surface area contributed by atoms with Gasteiger partial charge < -0.3 is 14.6 Å². The van der Waals surface area contributed by atoms with Crippen molar-refractivity contribution in [2.24, 2.45) is 0 Å². The predicted octanol–water partition coefficient (Wildman–Crippen LogP) is 4.38. The van der Waals surface area contributed by atoms with E-state index in [0.29, 0.717) is 6.61 Å². The topological polar surface area (TPSA) is 38.7 Å². The van der Waals surface area contributed by atoms with E-state index < -0.39 is 5.79 Å². The van der Waals surface area contributed by atoms with E-state index in [1.54, 1.807) is 0 Å². The zero-order valence-corrected chi connectivity index (χ0v) is 14.3. The number of aliphatic hydroxyl groups excluding tert-OH is 1. The summed E-state index contributed by atoms with van der Waals surface area (Å²) in [5.74, 6) is -0.933. The number of hydrogen-bond acceptors (Lipinski definition) is 3. The van der Waals surface area contributed by atoms with E-state index in [-0.39, 0.29) is 12.7 Å². The first-order valence-corrected chi connectivity index (χ1v) is 8.86. The van der Waals surface area contributed by atoms with Crippen molar-refractivity contribution in [3.63, 3.8) is 0 Å². The molecule has 2 aromatic carbocycles. The fourth-order valence-corrected chi connectivity index (χ4v) is 3.38. The maximum atomic E-state index is 9.81. The lowest BCUT2D eigenvalue weighted by molar-refractivity contribution is -0.279. The lowest BCUT2D eigenvalue weighted by Gasteiger charge is -2.42. The number of rotatable bonds is 6. The van der Waals surface area contributed by atoms with E-state index in [9.17, 15) is 5.11 Å². The number of unbranched alkanes of at least 4 members (excludes halogenated alkanes) is 1. The van der Waals surface area contributed by atoms with Gasteiger partial charge in [-0.15, -0.1) is 0 Å². The third kappa shape index (κ3) is 3.39. The lowest BCUT2D eigenvalue weighted by Crippen LogP contribution is -2.44. The summed E-state index contributed by atoms with van der Waals surface area (Å²) >= 11 is 0. The summed E-state index contributed by atoms with van der Waals surface area (Å²) in [5, 5.41) is 9.81. The molecule has 0 aromatic heterocycles. The molecule has 0 saturated carbocycles. The van der Waals surface area contributed by atoms with Crippen molar-refractivity contribution < 1.29 is 14.6 Å². The molecule has 3 nitrogen and oxygen atoms in total. The molecule has 2 atom stereocenters. The summed E-state index contributed by atoms with van der Waals surface area (Å²) in [5.41, 5.74) is 2.73. The number of hydrogen-bond donors (Lipinski definition) is 1. The fourth-order valence-electron chi connectivity index (χ4n) is 3.38. The summed E-state index contributed by atoms with van der Waals surface area (Å²) in [6.45, 7) is 2.82. The molecule has 1 aliphatic heterocycles. The molecule has 128 valence electrons. The van der Waals surface area contributed by atoms with Crippen molar-refractivity contribution in [3.8, 4) is 0 Å². The first-order valence-electron chi connectivity index (χ1n) is 8.86. The summed E-state index contributed by atoms with van der Waals surface area (Å²) in [6.07, 6.45) is 4.43. The minimum Gasteiger partial charge on any atom is -0.392 e.